The van der Waals surface area contributed by atoms with Crippen LogP contribution in [0.5, 0.6) is 0 Å². The molecule has 0 fully saturated rings. The first-order chi connectivity index (χ1) is 8.19. The van der Waals surface area contributed by atoms with Crippen molar-refractivity contribution in [2.45, 2.75) is 12.7 Å². The van der Waals surface area contributed by atoms with E-state index in [4.69, 9.17) is 10.9 Å². The monoisotopic (exact) mass is 254 g/mol. The summed E-state index contributed by atoms with van der Waals surface area (Å²) in [6.07, 6.45) is 0. The van der Waals surface area contributed by atoms with Crippen molar-refractivity contribution in [1.29, 1.82) is 0 Å². The highest BCUT2D eigenvalue weighted by Crippen LogP contribution is 2.18. The number of hydrogen-bond acceptors (Lipinski definition) is 4. The van der Waals surface area contributed by atoms with Gasteiger partial charge in [0, 0.05) is 17.9 Å². The lowest BCUT2D eigenvalue weighted by atomic mass is 10.1. The van der Waals surface area contributed by atoms with Crippen molar-refractivity contribution in [2.75, 3.05) is 12.4 Å². The minimum absolute atomic E-state index is 0.192. The number of rotatable bonds is 6. The van der Waals surface area contributed by atoms with Gasteiger partial charge in [-0.15, -0.1) is 0 Å². The molecule has 0 aliphatic heterocycles. The number of benzene rings is 1. The van der Waals surface area contributed by atoms with Gasteiger partial charge in [-0.25, -0.2) is 5.84 Å². The summed E-state index contributed by atoms with van der Waals surface area (Å²) in [6, 6.07) is 7.39. The molecular weight excluding hydrogens is 236 g/mol. The summed E-state index contributed by atoms with van der Waals surface area (Å²) in [5.41, 5.74) is 3.72. The maximum absolute atomic E-state index is 11.5. The van der Waals surface area contributed by atoms with Crippen molar-refractivity contribution in [1.82, 2.24) is 5.43 Å². The predicted molar refractivity (Wildman–Crippen MR) is 70.5 cm³/mol. The lowest BCUT2D eigenvalue weighted by molar-refractivity contribution is 0.0953. The van der Waals surface area contributed by atoms with Crippen LogP contribution in [-0.2, 0) is 5.75 Å². The van der Waals surface area contributed by atoms with Crippen molar-refractivity contribution >= 4 is 17.7 Å². The Hall–Kier alpha value is -1.04. The van der Waals surface area contributed by atoms with Gasteiger partial charge in [0.25, 0.3) is 5.91 Å². The number of nitrogens with one attached hydrogen (secondary N) is 1. The fourth-order valence-corrected chi connectivity index (χ4v) is 2.47. The van der Waals surface area contributed by atoms with E-state index in [9.17, 15) is 4.79 Å². The average molecular weight is 254 g/mol. The number of aliphatic hydroxyl groups is 1. The summed E-state index contributed by atoms with van der Waals surface area (Å²) in [5, 5.41) is 8.92. The van der Waals surface area contributed by atoms with E-state index < -0.39 is 0 Å². The molecule has 1 amide bonds. The van der Waals surface area contributed by atoms with Gasteiger partial charge in [-0.1, -0.05) is 25.1 Å². The second-order valence-corrected chi connectivity index (χ2v) is 4.96. The van der Waals surface area contributed by atoms with Gasteiger partial charge in [-0.05, 0) is 23.3 Å². The number of aliphatic hydroxyl groups excluding tert-OH is 1. The van der Waals surface area contributed by atoms with Gasteiger partial charge in [0.2, 0.25) is 0 Å². The Labute approximate surface area is 106 Å². The van der Waals surface area contributed by atoms with Crippen LogP contribution in [0, 0.1) is 5.92 Å². The van der Waals surface area contributed by atoms with Crippen LogP contribution in [0.4, 0.5) is 0 Å². The van der Waals surface area contributed by atoms with E-state index in [0.717, 1.165) is 17.1 Å². The van der Waals surface area contributed by atoms with Gasteiger partial charge in [0.15, 0.2) is 0 Å². The van der Waals surface area contributed by atoms with E-state index in [1.54, 1.807) is 17.8 Å². The molecule has 1 aromatic carbocycles. The Balaban J connectivity index is 2.61. The van der Waals surface area contributed by atoms with Gasteiger partial charge in [0.1, 0.15) is 0 Å². The molecule has 0 saturated heterocycles. The van der Waals surface area contributed by atoms with E-state index in [2.05, 4.69) is 5.43 Å². The quantitative estimate of drug-likeness (QED) is 0.404. The Morgan fingerprint density at radius 2 is 2.24 bits per heavy atom. The van der Waals surface area contributed by atoms with Crippen molar-refractivity contribution in [3.63, 3.8) is 0 Å². The largest absolute Gasteiger partial charge is 0.396 e. The second-order valence-electron chi connectivity index (χ2n) is 3.93. The zero-order valence-corrected chi connectivity index (χ0v) is 10.7. The molecule has 0 aromatic heterocycles. The first kappa shape index (κ1) is 14.0. The molecule has 1 atom stereocenters. The zero-order valence-electron chi connectivity index (χ0n) is 9.85. The summed E-state index contributed by atoms with van der Waals surface area (Å²) in [6.45, 7) is 2.18. The van der Waals surface area contributed by atoms with E-state index in [0.29, 0.717) is 5.56 Å². The second kappa shape index (κ2) is 7.32. The van der Waals surface area contributed by atoms with Crippen molar-refractivity contribution < 1.29 is 9.90 Å². The van der Waals surface area contributed by atoms with Crippen molar-refractivity contribution in [3.05, 3.63) is 35.4 Å². The highest BCUT2D eigenvalue weighted by Gasteiger charge is 2.09. The van der Waals surface area contributed by atoms with Crippen molar-refractivity contribution in [2.24, 2.45) is 11.8 Å². The van der Waals surface area contributed by atoms with Gasteiger partial charge in [0.05, 0.1) is 0 Å². The Kier molecular flexibility index (Phi) is 6.04. The average Bonchev–Trinajstić information content (AvgIpc) is 2.38. The number of thioether (sulfide) groups is 1. The minimum atomic E-state index is -0.267. The number of nitrogen functional groups attached to an aromatic ring is 1. The molecule has 1 rings (SSSR count). The van der Waals surface area contributed by atoms with Crippen LogP contribution in [0.2, 0.25) is 0 Å². The molecule has 17 heavy (non-hydrogen) atoms. The van der Waals surface area contributed by atoms with Crippen LogP contribution in [0.3, 0.4) is 0 Å². The van der Waals surface area contributed by atoms with Crippen LogP contribution >= 0.6 is 11.8 Å². The number of carbonyl (C=O) groups excluding carboxylic acids is 1. The third kappa shape index (κ3) is 4.38. The summed E-state index contributed by atoms with van der Waals surface area (Å²) < 4.78 is 0. The Bertz CT molecular complexity index is 371. The lowest BCUT2D eigenvalue weighted by Crippen LogP contribution is -2.30. The highest BCUT2D eigenvalue weighted by molar-refractivity contribution is 7.98. The Morgan fingerprint density at radius 1 is 1.53 bits per heavy atom. The smallest absolute Gasteiger partial charge is 0.265 e. The van der Waals surface area contributed by atoms with E-state index in [1.807, 2.05) is 25.1 Å². The van der Waals surface area contributed by atoms with Crippen molar-refractivity contribution in [3.8, 4) is 0 Å². The molecule has 0 bridgehead atoms. The fourth-order valence-electron chi connectivity index (χ4n) is 1.37. The molecule has 0 heterocycles. The normalized spacial score (nSPS) is 12.2. The van der Waals surface area contributed by atoms with Gasteiger partial charge in [-0.3, -0.25) is 10.2 Å². The van der Waals surface area contributed by atoms with Gasteiger partial charge in [-0.2, -0.15) is 11.8 Å². The highest BCUT2D eigenvalue weighted by atomic mass is 32.2. The first-order valence-electron chi connectivity index (χ1n) is 5.46. The third-order valence-electron chi connectivity index (χ3n) is 2.36. The molecule has 94 valence electrons. The molecule has 5 heteroatoms. The summed E-state index contributed by atoms with van der Waals surface area (Å²) in [7, 11) is 0. The van der Waals surface area contributed by atoms with Gasteiger partial charge >= 0.3 is 0 Å². The molecule has 0 spiro atoms. The summed E-state index contributed by atoms with van der Waals surface area (Å²) >= 11 is 1.70. The molecule has 4 nitrogen and oxygen atoms in total. The molecule has 0 saturated carbocycles. The molecule has 0 aliphatic rings. The first-order valence-corrected chi connectivity index (χ1v) is 6.62. The van der Waals surface area contributed by atoms with E-state index in [1.165, 1.54) is 0 Å². The summed E-state index contributed by atoms with van der Waals surface area (Å²) in [4.78, 5) is 11.5. The topological polar surface area (TPSA) is 75.3 Å². The van der Waals surface area contributed by atoms with Crippen LogP contribution in [0.15, 0.2) is 24.3 Å². The molecule has 0 aliphatic carbocycles. The maximum Gasteiger partial charge on any atom is 0.265 e. The zero-order chi connectivity index (χ0) is 12.7. The maximum atomic E-state index is 11.5. The molecule has 1 aromatic rings. The molecular formula is C12H18N2O2S. The summed E-state index contributed by atoms with van der Waals surface area (Å²) in [5.74, 6) is 6.75. The SMILES string of the molecule is CC(CO)CSCc1ccccc1C(=O)NN. The number of nitrogens with two attached hydrogens (primary N) is 1. The van der Waals surface area contributed by atoms with Gasteiger partial charge < -0.3 is 5.11 Å². The number of hydrogen-bond donors (Lipinski definition) is 3. The predicted octanol–water partition coefficient (Wildman–Crippen LogP) is 1.15. The number of amides is 1. The number of hydrazine groups is 1. The van der Waals surface area contributed by atoms with Crippen LogP contribution < -0.4 is 11.3 Å². The van der Waals surface area contributed by atoms with E-state index >= 15 is 0 Å². The van der Waals surface area contributed by atoms with Crippen LogP contribution in [-0.4, -0.2) is 23.4 Å². The Morgan fingerprint density at radius 3 is 2.88 bits per heavy atom. The minimum Gasteiger partial charge on any atom is -0.396 e. The number of carbonyl (C=O) groups is 1. The molecule has 4 N–H and O–H groups in total. The standard InChI is InChI=1S/C12H18N2O2S/c1-9(6-15)7-17-8-10-4-2-3-5-11(10)12(16)14-13/h2-5,9,15H,6-8,13H2,1H3,(H,14,16). The fraction of sp³-hybridized carbons (Fsp3) is 0.417. The van der Waals surface area contributed by atoms with E-state index in [-0.39, 0.29) is 18.4 Å². The lowest BCUT2D eigenvalue weighted by Gasteiger charge is -2.10. The molecule has 1 unspecified atom stereocenters. The van der Waals surface area contributed by atoms with Crippen LogP contribution in [0.25, 0.3) is 0 Å². The third-order valence-corrected chi connectivity index (χ3v) is 3.68. The van der Waals surface area contributed by atoms with Crippen LogP contribution in [0.1, 0.15) is 22.8 Å². The molecule has 0 radical (unpaired) electrons.